The van der Waals surface area contributed by atoms with E-state index in [0.717, 1.165) is 18.5 Å². The largest absolute Gasteiger partial charge is 0.403 e. The van der Waals surface area contributed by atoms with E-state index in [2.05, 4.69) is 11.9 Å². The van der Waals surface area contributed by atoms with Crippen LogP contribution >= 0.6 is 0 Å². The predicted molar refractivity (Wildman–Crippen MR) is 87.0 cm³/mol. The van der Waals surface area contributed by atoms with E-state index < -0.39 is 0 Å². The van der Waals surface area contributed by atoms with Gasteiger partial charge in [0.1, 0.15) is 0 Å². The summed E-state index contributed by atoms with van der Waals surface area (Å²) in [5.74, 6) is 0.106. The van der Waals surface area contributed by atoms with Crippen molar-refractivity contribution in [1.82, 2.24) is 0 Å². The van der Waals surface area contributed by atoms with Gasteiger partial charge in [0.25, 0.3) is 0 Å². The zero-order chi connectivity index (χ0) is 14.8. The average molecular weight is 280 g/mol. The lowest BCUT2D eigenvalue weighted by atomic mass is 9.77. The molecule has 1 aliphatic rings. The Labute approximate surface area is 123 Å². The molecule has 4 heteroatoms. The monoisotopic (exact) mass is 280 g/mol. The molecule has 4 nitrogen and oxygen atoms in total. The van der Waals surface area contributed by atoms with Crippen molar-refractivity contribution in [3.63, 3.8) is 0 Å². The minimum absolute atomic E-state index is 0.0118. The first-order valence-electron chi connectivity index (χ1n) is 8.10. The molecule has 1 saturated carbocycles. The first-order valence-corrected chi connectivity index (χ1v) is 8.10. The molecule has 0 atom stereocenters. The number of nitrogens with two attached hydrogens (primary N) is 3. The third-order valence-corrected chi connectivity index (χ3v) is 4.48. The van der Waals surface area contributed by atoms with Crippen molar-refractivity contribution in [2.24, 2.45) is 27.6 Å². The fourth-order valence-electron chi connectivity index (χ4n) is 3.16. The van der Waals surface area contributed by atoms with Gasteiger partial charge < -0.3 is 17.2 Å². The Hall–Kier alpha value is -1.19. The zero-order valence-corrected chi connectivity index (χ0v) is 13.0. The summed E-state index contributed by atoms with van der Waals surface area (Å²) in [7, 11) is 0. The highest BCUT2D eigenvalue weighted by atomic mass is 15.0. The Morgan fingerprint density at radius 3 is 1.60 bits per heavy atom. The van der Waals surface area contributed by atoms with Crippen molar-refractivity contribution >= 4 is 5.96 Å². The fraction of sp³-hybridized carbons (Fsp3) is 0.812. The third kappa shape index (κ3) is 5.85. The van der Waals surface area contributed by atoms with Gasteiger partial charge in [-0.2, -0.15) is 0 Å². The molecule has 116 valence electrons. The van der Waals surface area contributed by atoms with E-state index in [1.807, 2.05) is 0 Å². The van der Waals surface area contributed by atoms with Crippen LogP contribution in [0.25, 0.3) is 0 Å². The van der Waals surface area contributed by atoms with Crippen LogP contribution in [0.4, 0.5) is 0 Å². The molecule has 0 unspecified atom stereocenters. The number of allylic oxidation sites excluding steroid dienone is 1. The molecule has 0 heterocycles. The van der Waals surface area contributed by atoms with E-state index in [-0.39, 0.29) is 11.4 Å². The van der Waals surface area contributed by atoms with Gasteiger partial charge >= 0.3 is 0 Å². The molecular weight excluding hydrogens is 248 g/mol. The summed E-state index contributed by atoms with van der Waals surface area (Å²) >= 11 is 0. The van der Waals surface area contributed by atoms with Gasteiger partial charge in [0, 0.05) is 11.6 Å². The standard InChI is InChI=1S/C16H32N4/c1-16(14(13-17)20-15(18)19)11-9-7-5-3-2-4-6-8-10-12-16/h13H,2-12,17H2,1H3,(H4,18,19,20)/b14-13-. The summed E-state index contributed by atoms with van der Waals surface area (Å²) in [5, 5.41) is 0. The molecule has 1 fully saturated rings. The molecule has 0 aromatic rings. The molecule has 6 N–H and O–H groups in total. The van der Waals surface area contributed by atoms with Gasteiger partial charge in [0.2, 0.25) is 0 Å². The van der Waals surface area contributed by atoms with Crippen LogP contribution in [0, 0.1) is 5.41 Å². The van der Waals surface area contributed by atoms with Gasteiger partial charge in [-0.25, -0.2) is 4.99 Å². The summed E-state index contributed by atoms with van der Waals surface area (Å²) in [6.07, 6.45) is 15.7. The predicted octanol–water partition coefficient (Wildman–Crippen LogP) is 3.37. The lowest BCUT2D eigenvalue weighted by molar-refractivity contribution is 0.300. The first kappa shape index (κ1) is 16.9. The Bertz CT molecular complexity index is 317. The molecule has 1 aliphatic carbocycles. The SMILES string of the molecule is CC1(/C(=C/N)N=C(N)N)CCCCCCCCCCC1. The van der Waals surface area contributed by atoms with E-state index in [1.165, 1.54) is 57.8 Å². The summed E-state index contributed by atoms with van der Waals surface area (Å²) in [4.78, 5) is 4.27. The molecule has 0 bridgehead atoms. The maximum Gasteiger partial charge on any atom is 0.190 e. The lowest BCUT2D eigenvalue weighted by Gasteiger charge is -2.30. The summed E-state index contributed by atoms with van der Waals surface area (Å²) in [5.41, 5.74) is 17.7. The van der Waals surface area contributed by atoms with Gasteiger partial charge in [-0.1, -0.05) is 64.7 Å². The van der Waals surface area contributed by atoms with Gasteiger partial charge in [0.05, 0.1) is 5.70 Å². The van der Waals surface area contributed by atoms with Crippen LogP contribution in [0.3, 0.4) is 0 Å². The van der Waals surface area contributed by atoms with Crippen LogP contribution in [0.15, 0.2) is 16.9 Å². The molecule has 0 radical (unpaired) electrons. The minimum Gasteiger partial charge on any atom is -0.403 e. The molecule has 0 spiro atoms. The molecule has 0 aromatic carbocycles. The van der Waals surface area contributed by atoms with E-state index in [1.54, 1.807) is 6.20 Å². The van der Waals surface area contributed by atoms with Crippen molar-refractivity contribution in [1.29, 1.82) is 0 Å². The second-order valence-corrected chi connectivity index (χ2v) is 6.33. The Balaban J connectivity index is 2.75. The van der Waals surface area contributed by atoms with E-state index in [4.69, 9.17) is 17.2 Å². The van der Waals surface area contributed by atoms with Crippen molar-refractivity contribution < 1.29 is 0 Å². The van der Waals surface area contributed by atoms with Gasteiger partial charge in [-0.15, -0.1) is 0 Å². The average Bonchev–Trinajstić information content (AvgIpc) is 2.40. The Morgan fingerprint density at radius 1 is 0.850 bits per heavy atom. The summed E-state index contributed by atoms with van der Waals surface area (Å²) in [6.45, 7) is 2.25. The normalized spacial score (nSPS) is 22.4. The number of guanidine groups is 1. The van der Waals surface area contributed by atoms with Crippen LogP contribution in [-0.2, 0) is 0 Å². The maximum absolute atomic E-state index is 5.77. The number of aliphatic imine (C=N–C) groups is 1. The molecule has 1 rings (SSSR count). The van der Waals surface area contributed by atoms with Gasteiger partial charge in [-0.3, -0.25) is 0 Å². The Morgan fingerprint density at radius 2 is 1.25 bits per heavy atom. The Kier molecular flexibility index (Phi) is 7.48. The van der Waals surface area contributed by atoms with Crippen LogP contribution in [0.1, 0.15) is 77.6 Å². The first-order chi connectivity index (χ1) is 9.58. The number of rotatable bonds is 2. The van der Waals surface area contributed by atoms with E-state index in [0.29, 0.717) is 0 Å². The highest BCUT2D eigenvalue weighted by Crippen LogP contribution is 2.39. The fourth-order valence-corrected chi connectivity index (χ4v) is 3.16. The zero-order valence-electron chi connectivity index (χ0n) is 13.0. The van der Waals surface area contributed by atoms with Crippen LogP contribution in [0.2, 0.25) is 0 Å². The van der Waals surface area contributed by atoms with E-state index >= 15 is 0 Å². The van der Waals surface area contributed by atoms with Crippen molar-refractivity contribution in [3.8, 4) is 0 Å². The topological polar surface area (TPSA) is 90.4 Å². The number of hydrogen-bond acceptors (Lipinski definition) is 2. The minimum atomic E-state index is 0.0118. The van der Waals surface area contributed by atoms with Crippen molar-refractivity contribution in [3.05, 3.63) is 11.9 Å². The molecular formula is C16H32N4. The number of nitrogens with zero attached hydrogens (tertiary/aromatic N) is 1. The highest BCUT2D eigenvalue weighted by molar-refractivity contribution is 5.77. The second-order valence-electron chi connectivity index (χ2n) is 6.33. The maximum atomic E-state index is 5.77. The quantitative estimate of drug-likeness (QED) is 0.535. The smallest absolute Gasteiger partial charge is 0.190 e. The van der Waals surface area contributed by atoms with Gasteiger partial charge in [0.15, 0.2) is 5.96 Å². The second kappa shape index (κ2) is 8.88. The summed E-state index contributed by atoms with van der Waals surface area (Å²) in [6, 6.07) is 0. The van der Waals surface area contributed by atoms with Gasteiger partial charge in [-0.05, 0) is 12.8 Å². The molecule has 20 heavy (non-hydrogen) atoms. The van der Waals surface area contributed by atoms with Crippen LogP contribution in [-0.4, -0.2) is 5.96 Å². The number of hydrogen-bond donors (Lipinski definition) is 3. The molecule has 0 saturated heterocycles. The van der Waals surface area contributed by atoms with Crippen LogP contribution < -0.4 is 17.2 Å². The van der Waals surface area contributed by atoms with E-state index in [9.17, 15) is 0 Å². The van der Waals surface area contributed by atoms with Crippen molar-refractivity contribution in [2.75, 3.05) is 0 Å². The molecule has 0 amide bonds. The highest BCUT2D eigenvalue weighted by Gasteiger charge is 2.28. The molecule has 0 aromatic heterocycles. The summed E-state index contributed by atoms with van der Waals surface area (Å²) < 4.78 is 0. The van der Waals surface area contributed by atoms with Crippen LogP contribution in [0.5, 0.6) is 0 Å². The third-order valence-electron chi connectivity index (χ3n) is 4.48. The van der Waals surface area contributed by atoms with Crippen molar-refractivity contribution in [2.45, 2.75) is 77.6 Å². The molecule has 0 aliphatic heterocycles. The lowest BCUT2D eigenvalue weighted by Crippen LogP contribution is -2.27.